The van der Waals surface area contributed by atoms with Crippen LogP contribution in [0.2, 0.25) is 0 Å². The summed E-state index contributed by atoms with van der Waals surface area (Å²) in [6.45, 7) is 0. The van der Waals surface area contributed by atoms with Crippen LogP contribution in [0.3, 0.4) is 0 Å². The van der Waals surface area contributed by atoms with Crippen molar-refractivity contribution >= 4 is 10.9 Å². The second kappa shape index (κ2) is 6.19. The first-order chi connectivity index (χ1) is 9.90. The SMILES string of the molecule is CNC(C1=CCCCCC1)c1ccnc2ccccc12. The van der Waals surface area contributed by atoms with Gasteiger partial charge in [0.05, 0.1) is 11.6 Å². The second-order valence-corrected chi connectivity index (χ2v) is 5.52. The molecule has 1 heterocycles. The van der Waals surface area contributed by atoms with Crippen LogP contribution < -0.4 is 5.32 Å². The van der Waals surface area contributed by atoms with Crippen LogP contribution in [0.4, 0.5) is 0 Å². The Morgan fingerprint density at radius 3 is 2.90 bits per heavy atom. The molecule has 1 aromatic carbocycles. The summed E-state index contributed by atoms with van der Waals surface area (Å²) < 4.78 is 0. The number of para-hydroxylation sites is 1. The van der Waals surface area contributed by atoms with Crippen molar-refractivity contribution in [2.45, 2.75) is 38.1 Å². The molecule has 0 saturated heterocycles. The first kappa shape index (κ1) is 13.3. The van der Waals surface area contributed by atoms with E-state index < -0.39 is 0 Å². The van der Waals surface area contributed by atoms with Crippen LogP contribution in [0, 0.1) is 0 Å². The average Bonchev–Trinajstić information content (AvgIpc) is 2.78. The molecule has 3 rings (SSSR count). The Bertz CT molecular complexity index is 610. The maximum Gasteiger partial charge on any atom is 0.0705 e. The molecule has 2 aromatic rings. The van der Waals surface area contributed by atoms with E-state index in [-0.39, 0.29) is 0 Å². The van der Waals surface area contributed by atoms with E-state index in [0.717, 1.165) is 5.52 Å². The van der Waals surface area contributed by atoms with Crippen LogP contribution in [-0.4, -0.2) is 12.0 Å². The van der Waals surface area contributed by atoms with Gasteiger partial charge in [-0.25, -0.2) is 0 Å². The van der Waals surface area contributed by atoms with Crippen molar-refractivity contribution in [1.29, 1.82) is 0 Å². The number of pyridine rings is 1. The van der Waals surface area contributed by atoms with Crippen molar-refractivity contribution < 1.29 is 0 Å². The fraction of sp³-hybridized carbons (Fsp3) is 0.389. The molecule has 1 aliphatic carbocycles. The minimum absolute atomic E-state index is 0.320. The third-order valence-electron chi connectivity index (χ3n) is 4.23. The summed E-state index contributed by atoms with van der Waals surface area (Å²) in [4.78, 5) is 4.47. The maximum atomic E-state index is 4.47. The molecular formula is C18H22N2. The van der Waals surface area contributed by atoms with E-state index in [1.54, 1.807) is 5.57 Å². The van der Waals surface area contributed by atoms with Gasteiger partial charge in [-0.15, -0.1) is 0 Å². The second-order valence-electron chi connectivity index (χ2n) is 5.52. The van der Waals surface area contributed by atoms with Gasteiger partial charge in [0, 0.05) is 11.6 Å². The smallest absolute Gasteiger partial charge is 0.0705 e. The summed E-state index contributed by atoms with van der Waals surface area (Å²) in [5.41, 5.74) is 3.98. The molecule has 104 valence electrons. The van der Waals surface area contributed by atoms with Gasteiger partial charge in [-0.1, -0.05) is 36.3 Å². The number of fused-ring (bicyclic) bond motifs is 1. The van der Waals surface area contributed by atoms with Gasteiger partial charge >= 0.3 is 0 Å². The van der Waals surface area contributed by atoms with Gasteiger partial charge < -0.3 is 5.32 Å². The normalized spacial score (nSPS) is 17.6. The summed E-state index contributed by atoms with van der Waals surface area (Å²) in [6.07, 6.45) is 10.8. The van der Waals surface area contributed by atoms with E-state index in [1.165, 1.54) is 43.1 Å². The number of hydrogen-bond donors (Lipinski definition) is 1. The lowest BCUT2D eigenvalue weighted by Crippen LogP contribution is -2.19. The number of hydrogen-bond acceptors (Lipinski definition) is 2. The Morgan fingerprint density at radius 2 is 2.00 bits per heavy atom. The number of benzene rings is 1. The highest BCUT2D eigenvalue weighted by Crippen LogP contribution is 2.32. The van der Waals surface area contributed by atoms with Gasteiger partial charge in [0.15, 0.2) is 0 Å². The number of aromatic nitrogens is 1. The number of rotatable bonds is 3. The summed E-state index contributed by atoms with van der Waals surface area (Å²) in [5, 5.41) is 4.78. The number of likely N-dealkylation sites (N-methyl/N-ethyl adjacent to an activating group) is 1. The molecule has 0 amide bonds. The van der Waals surface area contributed by atoms with Crippen LogP contribution in [0.25, 0.3) is 10.9 Å². The van der Waals surface area contributed by atoms with E-state index in [0.29, 0.717) is 6.04 Å². The van der Waals surface area contributed by atoms with E-state index in [2.05, 4.69) is 53.8 Å². The Kier molecular flexibility index (Phi) is 4.12. The molecule has 1 N–H and O–H groups in total. The Hall–Kier alpha value is -1.67. The van der Waals surface area contributed by atoms with Crippen molar-refractivity contribution in [3.63, 3.8) is 0 Å². The van der Waals surface area contributed by atoms with Gasteiger partial charge in [-0.3, -0.25) is 4.98 Å². The first-order valence-electron chi connectivity index (χ1n) is 7.60. The summed E-state index contributed by atoms with van der Waals surface area (Å²) in [5.74, 6) is 0. The Labute approximate surface area is 120 Å². The molecular weight excluding hydrogens is 244 g/mol. The highest BCUT2D eigenvalue weighted by atomic mass is 14.9. The Morgan fingerprint density at radius 1 is 1.10 bits per heavy atom. The number of nitrogens with zero attached hydrogens (tertiary/aromatic N) is 1. The van der Waals surface area contributed by atoms with Gasteiger partial charge in [0.25, 0.3) is 0 Å². The lowest BCUT2D eigenvalue weighted by Gasteiger charge is -2.21. The lowest BCUT2D eigenvalue weighted by atomic mass is 9.93. The third-order valence-corrected chi connectivity index (χ3v) is 4.23. The predicted octanol–water partition coefficient (Wildman–Crippen LogP) is 4.39. The van der Waals surface area contributed by atoms with Crippen molar-refractivity contribution in [2.75, 3.05) is 7.05 Å². The van der Waals surface area contributed by atoms with Crippen LogP contribution in [0.15, 0.2) is 48.2 Å². The monoisotopic (exact) mass is 266 g/mol. The molecule has 1 atom stereocenters. The zero-order valence-electron chi connectivity index (χ0n) is 12.1. The van der Waals surface area contributed by atoms with Gasteiger partial charge in [-0.2, -0.15) is 0 Å². The maximum absolute atomic E-state index is 4.47. The van der Waals surface area contributed by atoms with E-state index in [4.69, 9.17) is 0 Å². The summed E-state index contributed by atoms with van der Waals surface area (Å²) in [7, 11) is 2.06. The molecule has 0 aliphatic heterocycles. The molecule has 2 heteroatoms. The largest absolute Gasteiger partial charge is 0.310 e. The fourth-order valence-electron chi connectivity index (χ4n) is 3.21. The minimum atomic E-state index is 0.320. The molecule has 1 aromatic heterocycles. The highest BCUT2D eigenvalue weighted by molar-refractivity contribution is 5.82. The number of allylic oxidation sites excluding steroid dienone is 1. The molecule has 0 fully saturated rings. The van der Waals surface area contributed by atoms with Crippen LogP contribution in [0.5, 0.6) is 0 Å². The zero-order valence-corrected chi connectivity index (χ0v) is 12.1. The van der Waals surface area contributed by atoms with Crippen molar-refractivity contribution in [3.05, 3.63) is 53.7 Å². The zero-order chi connectivity index (χ0) is 13.8. The molecule has 0 radical (unpaired) electrons. The van der Waals surface area contributed by atoms with E-state index >= 15 is 0 Å². The molecule has 2 nitrogen and oxygen atoms in total. The van der Waals surface area contributed by atoms with Gasteiger partial charge in [0.1, 0.15) is 0 Å². The van der Waals surface area contributed by atoms with E-state index in [9.17, 15) is 0 Å². The summed E-state index contributed by atoms with van der Waals surface area (Å²) >= 11 is 0. The predicted molar refractivity (Wildman–Crippen MR) is 84.7 cm³/mol. The molecule has 0 spiro atoms. The van der Waals surface area contributed by atoms with Crippen LogP contribution in [0.1, 0.15) is 43.7 Å². The molecule has 1 unspecified atom stereocenters. The van der Waals surface area contributed by atoms with Crippen molar-refractivity contribution in [1.82, 2.24) is 10.3 Å². The minimum Gasteiger partial charge on any atom is -0.310 e. The van der Waals surface area contributed by atoms with Crippen molar-refractivity contribution in [2.24, 2.45) is 0 Å². The Balaban J connectivity index is 2.05. The van der Waals surface area contributed by atoms with E-state index in [1.807, 2.05) is 6.20 Å². The quantitative estimate of drug-likeness (QED) is 0.834. The van der Waals surface area contributed by atoms with Gasteiger partial charge in [0.2, 0.25) is 0 Å². The summed E-state index contributed by atoms with van der Waals surface area (Å²) in [6, 6.07) is 10.9. The number of nitrogens with one attached hydrogen (secondary N) is 1. The molecule has 0 bridgehead atoms. The lowest BCUT2D eigenvalue weighted by molar-refractivity contribution is 0.631. The van der Waals surface area contributed by atoms with Crippen LogP contribution in [-0.2, 0) is 0 Å². The van der Waals surface area contributed by atoms with Crippen molar-refractivity contribution in [3.8, 4) is 0 Å². The standard InChI is InChI=1S/C18H22N2/c1-19-18(14-8-4-2-3-5-9-14)16-12-13-20-17-11-7-6-10-15(16)17/h6-8,10-13,18-19H,2-5,9H2,1H3. The fourth-order valence-corrected chi connectivity index (χ4v) is 3.21. The third kappa shape index (κ3) is 2.61. The molecule has 1 aliphatic rings. The first-order valence-corrected chi connectivity index (χ1v) is 7.60. The topological polar surface area (TPSA) is 24.9 Å². The molecule has 20 heavy (non-hydrogen) atoms. The van der Waals surface area contributed by atoms with Crippen LogP contribution >= 0.6 is 0 Å². The molecule has 0 saturated carbocycles. The highest BCUT2D eigenvalue weighted by Gasteiger charge is 2.18. The van der Waals surface area contributed by atoms with Gasteiger partial charge in [-0.05, 0) is 50.4 Å². The average molecular weight is 266 g/mol.